The van der Waals surface area contributed by atoms with E-state index in [9.17, 15) is 23.3 Å². The predicted octanol–water partition coefficient (Wildman–Crippen LogP) is 2.94. The molecule has 0 saturated carbocycles. The van der Waals surface area contributed by atoms with Gasteiger partial charge in [-0.05, 0) is 42.5 Å². The summed E-state index contributed by atoms with van der Waals surface area (Å²) >= 11 is 0. The second-order valence-corrected chi connectivity index (χ2v) is 8.24. The predicted molar refractivity (Wildman–Crippen MR) is 114 cm³/mol. The number of fused-ring (bicyclic) bond motifs is 1. The molecule has 1 N–H and O–H groups in total. The van der Waals surface area contributed by atoms with Gasteiger partial charge in [0.1, 0.15) is 16.3 Å². The van der Waals surface area contributed by atoms with E-state index < -0.39 is 15.0 Å². The zero-order valence-corrected chi connectivity index (χ0v) is 17.2. The first-order valence-corrected chi connectivity index (χ1v) is 10.7. The molecule has 0 saturated heterocycles. The van der Waals surface area contributed by atoms with E-state index in [-0.39, 0.29) is 28.8 Å². The van der Waals surface area contributed by atoms with E-state index in [1.807, 2.05) is 35.0 Å². The quantitative estimate of drug-likeness (QED) is 0.259. The minimum absolute atomic E-state index is 0.0339. The maximum Gasteiger partial charge on any atom is 0.339 e. The summed E-state index contributed by atoms with van der Waals surface area (Å²) in [6, 6.07) is 15.6. The van der Waals surface area contributed by atoms with E-state index in [1.54, 1.807) is 0 Å². The Bertz CT molecular complexity index is 1380. The summed E-state index contributed by atoms with van der Waals surface area (Å²) in [6.07, 6.45) is 3.67. The molecule has 1 amide bonds. The molecular weight excluding hydrogens is 436 g/mol. The Kier molecular flexibility index (Phi) is 5.56. The fourth-order valence-corrected chi connectivity index (χ4v) is 3.91. The number of nitro benzene ring substituents is 1. The number of hydrogen-bond donors (Lipinski definition) is 1. The lowest BCUT2D eigenvalue weighted by atomic mass is 10.2. The summed E-state index contributed by atoms with van der Waals surface area (Å²) < 4.78 is 31.7. The normalized spacial score (nSPS) is 11.2. The number of nitro groups is 1. The lowest BCUT2D eigenvalue weighted by Gasteiger charge is -2.08. The van der Waals surface area contributed by atoms with Gasteiger partial charge in [0.15, 0.2) is 0 Å². The summed E-state index contributed by atoms with van der Waals surface area (Å²) in [6.45, 7) is 0.222. The molecule has 10 nitrogen and oxygen atoms in total. The monoisotopic (exact) mass is 452 g/mol. The highest BCUT2D eigenvalue weighted by Crippen LogP contribution is 2.22. The SMILES string of the molecule is O=C(NCc1cn2ccccc2n1)c1ccc(OS(=O)(=O)c2cccc([N+](=O)[O-])c2)cc1. The van der Waals surface area contributed by atoms with Gasteiger partial charge in [0.2, 0.25) is 0 Å². The van der Waals surface area contributed by atoms with Crippen molar-refractivity contribution in [3.05, 3.63) is 100 Å². The van der Waals surface area contributed by atoms with Crippen molar-refractivity contribution in [1.29, 1.82) is 0 Å². The van der Waals surface area contributed by atoms with Crippen LogP contribution in [0.3, 0.4) is 0 Å². The van der Waals surface area contributed by atoms with Crippen LogP contribution in [0.4, 0.5) is 5.69 Å². The Labute approximate surface area is 182 Å². The molecule has 0 fully saturated rings. The van der Waals surface area contributed by atoms with Crippen molar-refractivity contribution in [2.24, 2.45) is 0 Å². The lowest BCUT2D eigenvalue weighted by molar-refractivity contribution is -0.385. The third-order valence-corrected chi connectivity index (χ3v) is 5.73. The standard InChI is InChI=1S/C21H16N4O6S/c26-21(22-13-16-14-24-11-2-1-6-20(24)23-16)15-7-9-18(10-8-15)31-32(29,30)19-5-3-4-17(12-19)25(27)28/h1-12,14H,13H2,(H,22,26). The summed E-state index contributed by atoms with van der Waals surface area (Å²) in [5.41, 5.74) is 1.39. The Morgan fingerprint density at radius 3 is 2.59 bits per heavy atom. The van der Waals surface area contributed by atoms with Crippen molar-refractivity contribution in [3.8, 4) is 5.75 Å². The Morgan fingerprint density at radius 2 is 1.88 bits per heavy atom. The molecule has 2 aromatic heterocycles. The first kappa shape index (κ1) is 21.0. The van der Waals surface area contributed by atoms with E-state index in [1.165, 1.54) is 42.5 Å². The Hall–Kier alpha value is -4.25. The van der Waals surface area contributed by atoms with Crippen LogP contribution in [0.25, 0.3) is 5.65 Å². The van der Waals surface area contributed by atoms with Gasteiger partial charge in [-0.2, -0.15) is 8.42 Å². The zero-order valence-electron chi connectivity index (χ0n) is 16.4. The molecule has 0 radical (unpaired) electrons. The Morgan fingerprint density at radius 1 is 1.09 bits per heavy atom. The summed E-state index contributed by atoms with van der Waals surface area (Å²) in [7, 11) is -4.28. The van der Waals surface area contributed by atoms with Crippen LogP contribution in [0.5, 0.6) is 5.75 Å². The second-order valence-electron chi connectivity index (χ2n) is 6.70. The minimum Gasteiger partial charge on any atom is -0.379 e. The van der Waals surface area contributed by atoms with Crippen molar-refractivity contribution in [3.63, 3.8) is 0 Å². The van der Waals surface area contributed by atoms with Crippen LogP contribution in [0.2, 0.25) is 0 Å². The average molecular weight is 452 g/mol. The van der Waals surface area contributed by atoms with Crippen LogP contribution in [0.1, 0.15) is 16.1 Å². The van der Waals surface area contributed by atoms with Crippen LogP contribution >= 0.6 is 0 Å². The highest BCUT2D eigenvalue weighted by Gasteiger charge is 2.20. The third-order valence-electron chi connectivity index (χ3n) is 4.48. The number of nitrogens with zero attached hydrogens (tertiary/aromatic N) is 3. The molecule has 11 heteroatoms. The molecule has 0 aliphatic carbocycles. The number of nitrogens with one attached hydrogen (secondary N) is 1. The van der Waals surface area contributed by atoms with Gasteiger partial charge in [-0.1, -0.05) is 12.1 Å². The highest BCUT2D eigenvalue weighted by molar-refractivity contribution is 7.87. The van der Waals surface area contributed by atoms with Crippen LogP contribution in [-0.4, -0.2) is 28.6 Å². The molecule has 2 aromatic carbocycles. The number of benzene rings is 2. The molecule has 4 rings (SSSR count). The van der Waals surface area contributed by atoms with Gasteiger partial charge in [-0.3, -0.25) is 14.9 Å². The molecule has 0 bridgehead atoms. The van der Waals surface area contributed by atoms with E-state index in [0.717, 1.165) is 11.7 Å². The largest absolute Gasteiger partial charge is 0.379 e. The lowest BCUT2D eigenvalue weighted by Crippen LogP contribution is -2.22. The van der Waals surface area contributed by atoms with Gasteiger partial charge in [-0.15, -0.1) is 0 Å². The first-order chi connectivity index (χ1) is 15.3. The van der Waals surface area contributed by atoms with Crippen LogP contribution in [-0.2, 0) is 16.7 Å². The summed E-state index contributed by atoms with van der Waals surface area (Å²) in [4.78, 5) is 26.6. The van der Waals surface area contributed by atoms with Crippen molar-refractivity contribution >= 4 is 27.4 Å². The van der Waals surface area contributed by atoms with Crippen LogP contribution < -0.4 is 9.50 Å². The maximum absolute atomic E-state index is 12.4. The molecule has 162 valence electrons. The van der Waals surface area contributed by atoms with E-state index in [0.29, 0.717) is 11.3 Å². The van der Waals surface area contributed by atoms with Gasteiger partial charge < -0.3 is 13.9 Å². The molecule has 0 unspecified atom stereocenters. The Balaban J connectivity index is 1.41. The summed E-state index contributed by atoms with van der Waals surface area (Å²) in [5.74, 6) is -0.399. The topological polar surface area (TPSA) is 133 Å². The number of imidazole rings is 1. The number of amides is 1. The number of aromatic nitrogens is 2. The number of rotatable bonds is 7. The van der Waals surface area contributed by atoms with E-state index in [2.05, 4.69) is 10.3 Å². The molecular formula is C21H16N4O6S. The van der Waals surface area contributed by atoms with Crippen molar-refractivity contribution in [1.82, 2.24) is 14.7 Å². The van der Waals surface area contributed by atoms with Crippen LogP contribution in [0, 0.1) is 10.1 Å². The molecule has 0 spiro atoms. The molecule has 0 atom stereocenters. The molecule has 4 aromatic rings. The van der Waals surface area contributed by atoms with Gasteiger partial charge in [0.05, 0.1) is 17.2 Å². The molecule has 2 heterocycles. The second kappa shape index (κ2) is 8.47. The zero-order chi connectivity index (χ0) is 22.7. The van der Waals surface area contributed by atoms with Crippen molar-refractivity contribution in [2.45, 2.75) is 11.4 Å². The smallest absolute Gasteiger partial charge is 0.339 e. The third kappa shape index (κ3) is 4.57. The van der Waals surface area contributed by atoms with E-state index in [4.69, 9.17) is 4.18 Å². The van der Waals surface area contributed by atoms with Gasteiger partial charge in [0, 0.05) is 30.1 Å². The van der Waals surface area contributed by atoms with E-state index >= 15 is 0 Å². The van der Waals surface area contributed by atoms with Crippen molar-refractivity contribution in [2.75, 3.05) is 0 Å². The van der Waals surface area contributed by atoms with Gasteiger partial charge in [0.25, 0.3) is 11.6 Å². The van der Waals surface area contributed by atoms with Gasteiger partial charge in [-0.25, -0.2) is 4.98 Å². The summed E-state index contributed by atoms with van der Waals surface area (Å²) in [5, 5.41) is 13.6. The molecule has 0 aliphatic heterocycles. The number of non-ortho nitro benzene ring substituents is 1. The first-order valence-electron chi connectivity index (χ1n) is 9.32. The van der Waals surface area contributed by atoms with Crippen LogP contribution in [0.15, 0.2) is 84.0 Å². The van der Waals surface area contributed by atoms with Gasteiger partial charge >= 0.3 is 10.1 Å². The number of pyridine rings is 1. The fourth-order valence-electron chi connectivity index (χ4n) is 2.93. The average Bonchev–Trinajstić information content (AvgIpc) is 3.21. The van der Waals surface area contributed by atoms with Crippen molar-refractivity contribution < 1.29 is 22.3 Å². The minimum atomic E-state index is -4.28. The number of hydrogen-bond acceptors (Lipinski definition) is 7. The number of carbonyl (C=O) groups is 1. The highest BCUT2D eigenvalue weighted by atomic mass is 32.2. The fraction of sp³-hybridized carbons (Fsp3) is 0.0476. The molecule has 32 heavy (non-hydrogen) atoms. The maximum atomic E-state index is 12.4. The molecule has 0 aliphatic rings. The number of carbonyl (C=O) groups excluding carboxylic acids is 1.